The first-order valence-corrected chi connectivity index (χ1v) is 15.8. The van der Waals surface area contributed by atoms with E-state index in [4.69, 9.17) is 14.7 Å². The lowest BCUT2D eigenvalue weighted by atomic mass is 10.1. The van der Waals surface area contributed by atoms with Crippen LogP contribution in [0.25, 0.3) is 22.3 Å². The highest BCUT2D eigenvalue weighted by Crippen LogP contribution is 2.25. The second kappa shape index (κ2) is 11.4. The van der Waals surface area contributed by atoms with E-state index < -0.39 is 9.84 Å². The zero-order chi connectivity index (χ0) is 29.4. The first kappa shape index (κ1) is 28.2. The van der Waals surface area contributed by atoms with E-state index >= 15 is 0 Å². The number of rotatable bonds is 5. The molecule has 3 aromatic heterocycles. The second-order valence-corrected chi connectivity index (χ2v) is 13.2. The van der Waals surface area contributed by atoms with Crippen LogP contribution in [0.4, 0.5) is 5.82 Å². The van der Waals surface area contributed by atoms with Crippen LogP contribution >= 0.6 is 0 Å². The van der Waals surface area contributed by atoms with Gasteiger partial charge in [0, 0.05) is 43.3 Å². The summed E-state index contributed by atoms with van der Waals surface area (Å²) in [5.41, 5.74) is 3.92. The molecule has 11 heteroatoms. The normalized spacial score (nSPS) is 20.6. The molecule has 5 heterocycles. The van der Waals surface area contributed by atoms with Crippen molar-refractivity contribution >= 4 is 32.5 Å². The monoisotopic (exact) mass is 586 g/mol. The molecule has 0 radical (unpaired) electrons. The molecule has 2 atom stereocenters. The maximum absolute atomic E-state index is 13.0. The van der Waals surface area contributed by atoms with E-state index in [0.717, 1.165) is 41.2 Å². The number of benzene rings is 1. The zero-order valence-corrected chi connectivity index (χ0v) is 24.8. The number of carbonyl (C=O) groups excluding carboxylic acids is 1. The molecule has 0 saturated carbocycles. The van der Waals surface area contributed by atoms with E-state index in [-0.39, 0.29) is 35.3 Å². The van der Waals surface area contributed by atoms with Crippen molar-refractivity contribution in [2.45, 2.75) is 44.0 Å². The number of ether oxygens (including phenoxy) is 1. The van der Waals surface area contributed by atoms with Gasteiger partial charge in [0.2, 0.25) is 0 Å². The molecule has 1 fully saturated rings. The number of sulfone groups is 1. The van der Waals surface area contributed by atoms with Crippen LogP contribution in [0.3, 0.4) is 0 Å². The van der Waals surface area contributed by atoms with Crippen LogP contribution in [0, 0.1) is 0 Å². The van der Waals surface area contributed by atoms with E-state index in [1.54, 1.807) is 18.3 Å². The first-order chi connectivity index (χ1) is 20.1. The standard InChI is InChI=1S/C31H34N6O4S/c1-20-17-37(18-21(2)41-20)30-6-4-5-26(35-30)27-10-9-23-15-32-25(14-28(23)34-27)16-33-31(38)22-7-8-24-19-36(3)11-12-42(39,40)29(24)13-22/h4-10,13-15,20-21H,11-12,16-19H2,1-3H3,(H,33,38)/t20-,21+. The molecular formula is C31H34N6O4S. The van der Waals surface area contributed by atoms with Crippen molar-refractivity contribution in [3.05, 3.63) is 77.6 Å². The van der Waals surface area contributed by atoms with Crippen molar-refractivity contribution in [2.24, 2.45) is 0 Å². The number of aromatic nitrogens is 3. The number of hydrogen-bond acceptors (Lipinski definition) is 9. The number of morpholine rings is 1. The number of fused-ring (bicyclic) bond motifs is 2. The molecular weight excluding hydrogens is 552 g/mol. The van der Waals surface area contributed by atoms with Crippen molar-refractivity contribution in [2.75, 3.05) is 37.3 Å². The van der Waals surface area contributed by atoms with Crippen LogP contribution in [0.1, 0.15) is 35.5 Å². The third-order valence-electron chi connectivity index (χ3n) is 7.65. The predicted octanol–water partition coefficient (Wildman–Crippen LogP) is 3.45. The van der Waals surface area contributed by atoms with E-state index in [1.807, 2.05) is 48.3 Å². The Hall–Kier alpha value is -3.93. The Balaban J connectivity index is 1.19. The molecule has 2 aliphatic rings. The quantitative estimate of drug-likeness (QED) is 0.375. The average Bonchev–Trinajstić information content (AvgIpc) is 3.09. The number of amides is 1. The first-order valence-electron chi connectivity index (χ1n) is 14.1. The second-order valence-electron chi connectivity index (χ2n) is 11.2. The summed E-state index contributed by atoms with van der Waals surface area (Å²) in [5.74, 6) is 0.567. The molecule has 218 valence electrons. The van der Waals surface area contributed by atoms with Crippen LogP contribution in [0.5, 0.6) is 0 Å². The van der Waals surface area contributed by atoms with Gasteiger partial charge in [-0.3, -0.25) is 9.78 Å². The van der Waals surface area contributed by atoms with E-state index in [9.17, 15) is 13.2 Å². The topological polar surface area (TPSA) is 118 Å². The van der Waals surface area contributed by atoms with Crippen LogP contribution in [0.2, 0.25) is 0 Å². The summed E-state index contributed by atoms with van der Waals surface area (Å²) in [6.07, 6.45) is 2.01. The largest absolute Gasteiger partial charge is 0.372 e. The molecule has 0 bridgehead atoms. The van der Waals surface area contributed by atoms with Crippen molar-refractivity contribution in [3.63, 3.8) is 0 Å². The lowest BCUT2D eigenvalue weighted by Crippen LogP contribution is -2.45. The van der Waals surface area contributed by atoms with Gasteiger partial charge in [0.1, 0.15) is 5.82 Å². The summed E-state index contributed by atoms with van der Waals surface area (Å²) >= 11 is 0. The van der Waals surface area contributed by atoms with Crippen molar-refractivity contribution < 1.29 is 17.9 Å². The minimum Gasteiger partial charge on any atom is -0.372 e. The summed E-state index contributed by atoms with van der Waals surface area (Å²) in [4.78, 5) is 31.7. The van der Waals surface area contributed by atoms with Crippen molar-refractivity contribution in [1.29, 1.82) is 0 Å². The lowest BCUT2D eigenvalue weighted by molar-refractivity contribution is -0.00545. The van der Waals surface area contributed by atoms with Gasteiger partial charge in [0.25, 0.3) is 5.91 Å². The SMILES string of the molecule is C[C@@H]1CN(c2cccc(-c3ccc4cnc(CNC(=O)c5ccc6c(c5)S(=O)(=O)CCN(C)C6)cc4n3)n2)C[C@H](C)O1. The van der Waals surface area contributed by atoms with Gasteiger partial charge in [-0.25, -0.2) is 18.4 Å². The molecule has 1 aromatic carbocycles. The smallest absolute Gasteiger partial charge is 0.251 e. The van der Waals surface area contributed by atoms with Gasteiger partial charge in [-0.05, 0) is 68.9 Å². The molecule has 10 nitrogen and oxygen atoms in total. The highest BCUT2D eigenvalue weighted by Gasteiger charge is 2.26. The van der Waals surface area contributed by atoms with Gasteiger partial charge in [-0.1, -0.05) is 12.1 Å². The van der Waals surface area contributed by atoms with Crippen molar-refractivity contribution in [3.8, 4) is 11.4 Å². The molecule has 0 unspecified atom stereocenters. The summed E-state index contributed by atoms with van der Waals surface area (Å²) in [6, 6.07) is 16.6. The van der Waals surface area contributed by atoms with Gasteiger partial charge in [0.15, 0.2) is 9.84 Å². The molecule has 0 aliphatic carbocycles. The summed E-state index contributed by atoms with van der Waals surface area (Å²) in [7, 11) is -1.57. The molecule has 2 aliphatic heterocycles. The fourth-order valence-corrected chi connectivity index (χ4v) is 7.16. The Bertz CT molecular complexity index is 1750. The van der Waals surface area contributed by atoms with E-state index in [0.29, 0.717) is 29.9 Å². The maximum Gasteiger partial charge on any atom is 0.251 e. The summed E-state index contributed by atoms with van der Waals surface area (Å²) in [5, 5.41) is 3.75. The third kappa shape index (κ3) is 5.99. The fourth-order valence-electron chi connectivity index (χ4n) is 5.55. The lowest BCUT2D eigenvalue weighted by Gasteiger charge is -2.36. The van der Waals surface area contributed by atoms with Crippen LogP contribution in [-0.2, 0) is 27.7 Å². The van der Waals surface area contributed by atoms with Gasteiger partial charge >= 0.3 is 0 Å². The molecule has 4 aromatic rings. The predicted molar refractivity (Wildman–Crippen MR) is 161 cm³/mol. The number of nitrogens with one attached hydrogen (secondary N) is 1. The van der Waals surface area contributed by atoms with Crippen LogP contribution < -0.4 is 10.2 Å². The van der Waals surface area contributed by atoms with Crippen molar-refractivity contribution in [1.82, 2.24) is 25.2 Å². The zero-order valence-electron chi connectivity index (χ0n) is 23.9. The van der Waals surface area contributed by atoms with Gasteiger partial charge < -0.3 is 19.9 Å². The molecule has 42 heavy (non-hydrogen) atoms. The molecule has 0 spiro atoms. The molecule has 1 saturated heterocycles. The van der Waals surface area contributed by atoms with E-state index in [1.165, 1.54) is 6.07 Å². The van der Waals surface area contributed by atoms with Gasteiger partial charge in [-0.2, -0.15) is 0 Å². The molecule has 1 amide bonds. The number of anilines is 1. The minimum absolute atomic E-state index is 0.0308. The summed E-state index contributed by atoms with van der Waals surface area (Å²) in [6.45, 7) is 6.87. The minimum atomic E-state index is -3.46. The number of hydrogen-bond donors (Lipinski definition) is 1. The van der Waals surface area contributed by atoms with Crippen LogP contribution in [-0.4, -0.2) is 78.8 Å². The highest BCUT2D eigenvalue weighted by atomic mass is 32.2. The molecule has 1 N–H and O–H groups in total. The van der Waals surface area contributed by atoms with Crippen LogP contribution in [0.15, 0.2) is 65.7 Å². The Labute approximate surface area is 245 Å². The Kier molecular flexibility index (Phi) is 7.65. The fraction of sp³-hybridized carbons (Fsp3) is 0.355. The number of pyridine rings is 3. The molecule has 6 rings (SSSR count). The van der Waals surface area contributed by atoms with Gasteiger partial charge in [-0.15, -0.1) is 0 Å². The van der Waals surface area contributed by atoms with E-state index in [2.05, 4.69) is 29.0 Å². The number of nitrogens with zero attached hydrogens (tertiary/aromatic N) is 5. The Morgan fingerprint density at radius 2 is 1.81 bits per heavy atom. The Morgan fingerprint density at radius 1 is 1.02 bits per heavy atom. The summed E-state index contributed by atoms with van der Waals surface area (Å²) < 4.78 is 31.4. The van der Waals surface area contributed by atoms with Gasteiger partial charge in [0.05, 0.1) is 52.0 Å². The Morgan fingerprint density at radius 3 is 2.62 bits per heavy atom. The maximum atomic E-state index is 13.0. The third-order valence-corrected chi connectivity index (χ3v) is 9.42. The average molecular weight is 587 g/mol. The highest BCUT2D eigenvalue weighted by molar-refractivity contribution is 7.91. The number of carbonyl (C=O) groups is 1.